The van der Waals surface area contributed by atoms with Gasteiger partial charge in [0, 0.05) is 25.7 Å². The molecule has 0 aliphatic heterocycles. The first-order valence-corrected chi connectivity index (χ1v) is 6.74. The maximum atomic E-state index is 12.0. The van der Waals surface area contributed by atoms with E-state index in [4.69, 9.17) is 10.5 Å². The summed E-state index contributed by atoms with van der Waals surface area (Å²) in [4.78, 5) is 25.4. The van der Waals surface area contributed by atoms with E-state index < -0.39 is 0 Å². The molecule has 1 rings (SSSR count). The number of methoxy groups -OCH3 is 1. The SMILES string of the molecule is COc1cc(C(=O)N(C)C)ccc1NC(=O)C(C)C(C)N.Cl. The summed E-state index contributed by atoms with van der Waals surface area (Å²) >= 11 is 0. The number of carbonyl (C=O) groups is 2. The molecule has 0 aliphatic rings. The van der Waals surface area contributed by atoms with Crippen molar-refractivity contribution in [2.24, 2.45) is 11.7 Å². The van der Waals surface area contributed by atoms with Gasteiger partial charge in [0.25, 0.3) is 5.91 Å². The first-order valence-electron chi connectivity index (χ1n) is 6.74. The van der Waals surface area contributed by atoms with Gasteiger partial charge in [-0.1, -0.05) is 6.92 Å². The number of anilines is 1. The summed E-state index contributed by atoms with van der Waals surface area (Å²) in [5, 5.41) is 2.77. The lowest BCUT2D eigenvalue weighted by Crippen LogP contribution is -2.34. The number of nitrogens with one attached hydrogen (secondary N) is 1. The predicted molar refractivity (Wildman–Crippen MR) is 89.7 cm³/mol. The molecule has 2 amide bonds. The Bertz CT molecular complexity index is 533. The average Bonchev–Trinajstić information content (AvgIpc) is 2.45. The van der Waals surface area contributed by atoms with Gasteiger partial charge in [-0.2, -0.15) is 0 Å². The summed E-state index contributed by atoms with van der Waals surface area (Å²) in [6.45, 7) is 3.54. The molecular weight excluding hydrogens is 306 g/mol. The van der Waals surface area contributed by atoms with Gasteiger partial charge in [-0.25, -0.2) is 0 Å². The van der Waals surface area contributed by atoms with Gasteiger partial charge in [-0.15, -0.1) is 12.4 Å². The van der Waals surface area contributed by atoms with Crippen LogP contribution in [0.15, 0.2) is 18.2 Å². The van der Waals surface area contributed by atoms with Crippen LogP contribution >= 0.6 is 12.4 Å². The number of halogens is 1. The molecule has 1 aromatic rings. The Labute approximate surface area is 137 Å². The van der Waals surface area contributed by atoms with Crippen molar-refractivity contribution < 1.29 is 14.3 Å². The molecule has 2 atom stereocenters. The number of amides is 2. The number of ether oxygens (including phenoxy) is 1. The van der Waals surface area contributed by atoms with Gasteiger partial charge in [0.15, 0.2) is 0 Å². The average molecular weight is 330 g/mol. The van der Waals surface area contributed by atoms with Crippen molar-refractivity contribution in [3.8, 4) is 5.75 Å². The minimum Gasteiger partial charge on any atom is -0.495 e. The molecule has 2 unspecified atom stereocenters. The Morgan fingerprint density at radius 1 is 1.27 bits per heavy atom. The summed E-state index contributed by atoms with van der Waals surface area (Å²) < 4.78 is 5.24. The van der Waals surface area contributed by atoms with Crippen LogP contribution in [0, 0.1) is 5.92 Å². The van der Waals surface area contributed by atoms with E-state index in [0.717, 1.165) is 0 Å². The van der Waals surface area contributed by atoms with Crippen molar-refractivity contribution in [2.75, 3.05) is 26.5 Å². The molecule has 0 aromatic heterocycles. The minimum atomic E-state index is -0.321. The maximum Gasteiger partial charge on any atom is 0.253 e. The van der Waals surface area contributed by atoms with Gasteiger partial charge in [-0.3, -0.25) is 9.59 Å². The number of nitrogens with two attached hydrogens (primary N) is 1. The molecule has 0 heterocycles. The second-order valence-electron chi connectivity index (χ2n) is 5.25. The fraction of sp³-hybridized carbons (Fsp3) is 0.467. The third-order valence-corrected chi connectivity index (χ3v) is 3.31. The standard InChI is InChI=1S/C15H23N3O3.ClH/c1-9(10(2)16)14(19)17-12-7-6-11(8-13(12)21-5)15(20)18(3)4;/h6-10H,16H2,1-5H3,(H,17,19);1H. The van der Waals surface area contributed by atoms with E-state index in [-0.39, 0.29) is 36.2 Å². The highest BCUT2D eigenvalue weighted by atomic mass is 35.5. The van der Waals surface area contributed by atoms with Crippen molar-refractivity contribution in [1.29, 1.82) is 0 Å². The van der Waals surface area contributed by atoms with Crippen LogP contribution in [0.1, 0.15) is 24.2 Å². The number of benzene rings is 1. The second-order valence-corrected chi connectivity index (χ2v) is 5.25. The molecule has 0 fully saturated rings. The zero-order chi connectivity index (χ0) is 16.2. The molecule has 0 aliphatic carbocycles. The number of rotatable bonds is 5. The van der Waals surface area contributed by atoms with E-state index in [1.807, 2.05) is 0 Å². The number of nitrogens with zero attached hydrogens (tertiary/aromatic N) is 1. The molecule has 0 saturated carbocycles. The van der Waals surface area contributed by atoms with Crippen LogP contribution in [0.5, 0.6) is 5.75 Å². The first kappa shape index (κ1) is 20.2. The lowest BCUT2D eigenvalue weighted by molar-refractivity contribution is -0.119. The van der Waals surface area contributed by atoms with E-state index >= 15 is 0 Å². The lowest BCUT2D eigenvalue weighted by atomic mass is 10.0. The van der Waals surface area contributed by atoms with Crippen LogP contribution in [0.2, 0.25) is 0 Å². The van der Waals surface area contributed by atoms with Gasteiger partial charge in [0.2, 0.25) is 5.91 Å². The van der Waals surface area contributed by atoms with Crippen molar-refractivity contribution in [2.45, 2.75) is 19.9 Å². The number of hydrogen-bond donors (Lipinski definition) is 2. The van der Waals surface area contributed by atoms with Gasteiger partial charge in [-0.05, 0) is 25.1 Å². The molecule has 6 nitrogen and oxygen atoms in total. The smallest absolute Gasteiger partial charge is 0.253 e. The van der Waals surface area contributed by atoms with Gasteiger partial charge in [0.05, 0.1) is 18.7 Å². The normalized spacial score (nSPS) is 12.6. The molecule has 1 aromatic carbocycles. The van der Waals surface area contributed by atoms with E-state index in [0.29, 0.717) is 17.0 Å². The molecule has 22 heavy (non-hydrogen) atoms. The van der Waals surface area contributed by atoms with Crippen molar-refractivity contribution in [1.82, 2.24) is 4.90 Å². The monoisotopic (exact) mass is 329 g/mol. The summed E-state index contributed by atoms with van der Waals surface area (Å²) in [6, 6.07) is 4.66. The topological polar surface area (TPSA) is 84.7 Å². The zero-order valence-corrected chi connectivity index (χ0v) is 14.4. The Balaban J connectivity index is 0.00000441. The molecule has 124 valence electrons. The summed E-state index contributed by atoms with van der Waals surface area (Å²) in [5.74, 6) is -0.198. The minimum absolute atomic E-state index is 0. The number of carbonyl (C=O) groups excluding carboxylic acids is 2. The van der Waals surface area contributed by atoms with Crippen LogP contribution in [-0.4, -0.2) is 44.0 Å². The van der Waals surface area contributed by atoms with E-state index in [9.17, 15) is 9.59 Å². The van der Waals surface area contributed by atoms with E-state index in [2.05, 4.69) is 5.32 Å². The van der Waals surface area contributed by atoms with Gasteiger partial charge >= 0.3 is 0 Å². The van der Waals surface area contributed by atoms with Crippen molar-refractivity contribution in [3.63, 3.8) is 0 Å². The Hall–Kier alpha value is -1.79. The van der Waals surface area contributed by atoms with E-state index in [1.165, 1.54) is 12.0 Å². The number of hydrogen-bond acceptors (Lipinski definition) is 4. The van der Waals surface area contributed by atoms with Crippen LogP contribution in [0.3, 0.4) is 0 Å². The van der Waals surface area contributed by atoms with Gasteiger partial charge < -0.3 is 20.7 Å². The van der Waals surface area contributed by atoms with E-state index in [1.54, 1.807) is 46.1 Å². The molecule has 0 radical (unpaired) electrons. The highest BCUT2D eigenvalue weighted by Gasteiger charge is 2.19. The lowest BCUT2D eigenvalue weighted by Gasteiger charge is -2.18. The molecular formula is C15H24ClN3O3. The molecule has 0 spiro atoms. The third-order valence-electron chi connectivity index (χ3n) is 3.31. The van der Waals surface area contributed by atoms with Crippen LogP contribution < -0.4 is 15.8 Å². The Morgan fingerprint density at radius 3 is 2.32 bits per heavy atom. The highest BCUT2D eigenvalue weighted by Crippen LogP contribution is 2.26. The fourth-order valence-corrected chi connectivity index (χ4v) is 1.67. The zero-order valence-electron chi connectivity index (χ0n) is 13.5. The van der Waals surface area contributed by atoms with Crippen LogP contribution in [0.4, 0.5) is 5.69 Å². The summed E-state index contributed by atoms with van der Waals surface area (Å²) in [6.07, 6.45) is 0. The Kier molecular flexibility index (Phi) is 7.90. The fourth-order valence-electron chi connectivity index (χ4n) is 1.67. The van der Waals surface area contributed by atoms with Crippen LogP contribution in [-0.2, 0) is 4.79 Å². The maximum absolute atomic E-state index is 12.0. The molecule has 3 N–H and O–H groups in total. The third kappa shape index (κ3) is 4.89. The first-order chi connectivity index (χ1) is 9.77. The van der Waals surface area contributed by atoms with Gasteiger partial charge in [0.1, 0.15) is 5.75 Å². The Morgan fingerprint density at radius 2 is 1.86 bits per heavy atom. The summed E-state index contributed by atoms with van der Waals surface area (Å²) in [5.41, 5.74) is 6.73. The van der Waals surface area contributed by atoms with Crippen LogP contribution in [0.25, 0.3) is 0 Å². The quantitative estimate of drug-likeness (QED) is 0.861. The summed E-state index contributed by atoms with van der Waals surface area (Å²) in [7, 11) is 4.84. The largest absolute Gasteiger partial charge is 0.495 e. The molecule has 7 heteroatoms. The molecule has 0 bridgehead atoms. The second kappa shape index (κ2) is 8.60. The predicted octanol–water partition coefficient (Wildman–Crippen LogP) is 1.74. The highest BCUT2D eigenvalue weighted by molar-refractivity contribution is 5.97. The molecule has 0 saturated heterocycles. The van der Waals surface area contributed by atoms with Crippen molar-refractivity contribution in [3.05, 3.63) is 23.8 Å². The van der Waals surface area contributed by atoms with Crippen molar-refractivity contribution >= 4 is 29.9 Å².